The first-order chi connectivity index (χ1) is 4.35. The van der Waals surface area contributed by atoms with Crippen LogP contribution in [-0.4, -0.2) is 0 Å². The van der Waals surface area contributed by atoms with Crippen LogP contribution in [-0.2, 0) is 18.3 Å². The zero-order valence-corrected chi connectivity index (χ0v) is 11.8. The molecule has 1 unspecified atom stereocenters. The molecule has 0 bridgehead atoms. The summed E-state index contributed by atoms with van der Waals surface area (Å²) in [7, 11) is 0. The van der Waals surface area contributed by atoms with Gasteiger partial charge in [0, 0.05) is 0 Å². The maximum Gasteiger partial charge on any atom is -1.00 e. The van der Waals surface area contributed by atoms with E-state index in [2.05, 4.69) is 13.8 Å². The second-order valence-electron chi connectivity index (χ2n) is 2.71. The molecule has 0 saturated carbocycles. The topological polar surface area (TPSA) is 0 Å². The van der Waals surface area contributed by atoms with Crippen molar-refractivity contribution in [1.82, 2.24) is 0 Å². The Hall–Kier alpha value is 1.10. The molecule has 0 rings (SSSR count). The minimum atomic E-state index is 0. The van der Waals surface area contributed by atoms with Gasteiger partial charge in [0.25, 0.3) is 0 Å². The molecule has 1 atom stereocenters. The van der Waals surface area contributed by atoms with Crippen LogP contribution in [0.15, 0.2) is 0 Å². The van der Waals surface area contributed by atoms with Crippen molar-refractivity contribution in [3.8, 4) is 0 Å². The third-order valence-electron chi connectivity index (χ3n) is 1.95. The van der Waals surface area contributed by atoms with Crippen molar-refractivity contribution in [2.75, 3.05) is 0 Å². The van der Waals surface area contributed by atoms with Gasteiger partial charge in [-0.15, -0.1) is 0 Å². The predicted octanol–water partition coefficient (Wildman–Crippen LogP) is 0.172. The van der Waals surface area contributed by atoms with E-state index < -0.39 is 0 Å². The Morgan fingerprint density at radius 2 is 1.90 bits per heavy atom. The van der Waals surface area contributed by atoms with Gasteiger partial charge in [0.1, 0.15) is 0 Å². The van der Waals surface area contributed by atoms with Gasteiger partial charge in [-0.05, 0) is 0 Å². The van der Waals surface area contributed by atoms with E-state index in [9.17, 15) is 0 Å². The van der Waals surface area contributed by atoms with Crippen LogP contribution in [0.1, 0.15) is 39.5 Å². The molecule has 0 fully saturated rings. The molecular weight excluding hydrogens is 241 g/mol. The molecule has 0 aromatic carbocycles. The Balaban J connectivity index is 0. The normalized spacial score (nSPS) is 12.4. The summed E-state index contributed by atoms with van der Waals surface area (Å²) in [5, 5.41) is 1.50. The third-order valence-corrected chi connectivity index (χ3v) is 3.66. The molecule has 58 valence electrons. The van der Waals surface area contributed by atoms with Crippen molar-refractivity contribution >= 4 is 0 Å². The molecule has 0 N–H and O–H groups in total. The number of rotatable bonds is 5. The van der Waals surface area contributed by atoms with Crippen LogP contribution in [0, 0.1) is 5.92 Å². The Kier molecular flexibility index (Phi) is 13.8. The molecule has 2 heteroatoms. The van der Waals surface area contributed by atoms with Gasteiger partial charge >= 0.3 is 68.8 Å². The van der Waals surface area contributed by atoms with Gasteiger partial charge in [-0.2, -0.15) is 0 Å². The molecule has 0 aliphatic carbocycles. The van der Waals surface area contributed by atoms with E-state index in [1.165, 1.54) is 49.0 Å². The fraction of sp³-hybridized carbons (Fsp3) is 1.00. The zero-order chi connectivity index (χ0) is 7.11. The van der Waals surface area contributed by atoms with Crippen molar-refractivity contribution < 1.29 is 35.3 Å². The standard InChI is InChI=1S/C8H17.BrH.Zn/c1-4-6-7-8(3)5-2;;/h8H,3-7H2,1-2H3;1H;/q;;+1/p-1. The van der Waals surface area contributed by atoms with Crippen molar-refractivity contribution in [1.29, 1.82) is 0 Å². The molecule has 0 radical (unpaired) electrons. The molecule has 0 aromatic rings. The Morgan fingerprint density at radius 1 is 1.30 bits per heavy atom. The Bertz CT molecular complexity index is 53.2. The summed E-state index contributed by atoms with van der Waals surface area (Å²) in [6.45, 7) is 4.59. The Labute approximate surface area is 85.6 Å². The van der Waals surface area contributed by atoms with E-state index in [0.29, 0.717) is 0 Å². The SMILES string of the molecule is CCCCC(CC)[CH2][Zn+].[Br-]. The molecule has 0 heterocycles. The summed E-state index contributed by atoms with van der Waals surface area (Å²) in [5.74, 6) is 1.06. The summed E-state index contributed by atoms with van der Waals surface area (Å²) >= 11 is 1.49. The zero-order valence-electron chi connectivity index (χ0n) is 7.20. The summed E-state index contributed by atoms with van der Waals surface area (Å²) in [6.07, 6.45) is 5.70. The summed E-state index contributed by atoms with van der Waals surface area (Å²) in [4.78, 5) is 0. The Morgan fingerprint density at radius 3 is 2.20 bits per heavy atom. The minimum Gasteiger partial charge on any atom is -1.00 e. The van der Waals surface area contributed by atoms with Gasteiger partial charge in [0.05, 0.1) is 0 Å². The van der Waals surface area contributed by atoms with Crippen LogP contribution in [0.3, 0.4) is 0 Å². The number of halogens is 1. The van der Waals surface area contributed by atoms with Gasteiger partial charge in [0.15, 0.2) is 0 Å². The van der Waals surface area contributed by atoms with E-state index in [0.717, 1.165) is 5.92 Å². The first kappa shape index (κ1) is 13.7. The van der Waals surface area contributed by atoms with Crippen LogP contribution < -0.4 is 17.0 Å². The number of unbranched alkanes of at least 4 members (excludes halogenated alkanes) is 1. The number of hydrogen-bond donors (Lipinski definition) is 0. The van der Waals surface area contributed by atoms with Crippen LogP contribution in [0.25, 0.3) is 0 Å². The van der Waals surface area contributed by atoms with Crippen molar-refractivity contribution in [2.45, 2.75) is 44.5 Å². The van der Waals surface area contributed by atoms with Crippen molar-refractivity contribution in [3.63, 3.8) is 0 Å². The van der Waals surface area contributed by atoms with E-state index in [-0.39, 0.29) is 17.0 Å². The van der Waals surface area contributed by atoms with Crippen LogP contribution >= 0.6 is 0 Å². The van der Waals surface area contributed by atoms with Crippen LogP contribution in [0.4, 0.5) is 0 Å². The smallest absolute Gasteiger partial charge is 1.00 e. The summed E-state index contributed by atoms with van der Waals surface area (Å²) < 4.78 is 0. The predicted molar refractivity (Wildman–Crippen MR) is 38.1 cm³/mol. The fourth-order valence-corrected chi connectivity index (χ4v) is 2.51. The molecule has 0 aliphatic heterocycles. The summed E-state index contributed by atoms with van der Waals surface area (Å²) in [5.41, 5.74) is 0. The average molecular weight is 259 g/mol. The van der Waals surface area contributed by atoms with Crippen molar-refractivity contribution in [2.24, 2.45) is 5.92 Å². The molecule has 0 saturated heterocycles. The first-order valence-electron chi connectivity index (χ1n) is 4.14. The van der Waals surface area contributed by atoms with Gasteiger partial charge in [-0.1, -0.05) is 0 Å². The van der Waals surface area contributed by atoms with E-state index in [1.54, 1.807) is 0 Å². The van der Waals surface area contributed by atoms with E-state index in [1.807, 2.05) is 0 Å². The largest absolute Gasteiger partial charge is 1.00 e. The molecule has 10 heavy (non-hydrogen) atoms. The monoisotopic (exact) mass is 256 g/mol. The molecule has 0 aromatic heterocycles. The van der Waals surface area contributed by atoms with Gasteiger partial charge in [-0.3, -0.25) is 0 Å². The van der Waals surface area contributed by atoms with Crippen LogP contribution in [0.5, 0.6) is 0 Å². The quantitative estimate of drug-likeness (QED) is 0.617. The third kappa shape index (κ3) is 7.21. The number of hydrogen-bond acceptors (Lipinski definition) is 0. The maximum absolute atomic E-state index is 2.32. The first-order valence-corrected chi connectivity index (χ1v) is 6.24. The van der Waals surface area contributed by atoms with Gasteiger partial charge in [-0.25, -0.2) is 0 Å². The second kappa shape index (κ2) is 10.1. The van der Waals surface area contributed by atoms with E-state index >= 15 is 0 Å². The fourth-order valence-electron chi connectivity index (χ4n) is 1.05. The van der Waals surface area contributed by atoms with Gasteiger partial charge < -0.3 is 17.0 Å². The van der Waals surface area contributed by atoms with Gasteiger partial charge in [0.2, 0.25) is 0 Å². The molecule has 0 spiro atoms. The van der Waals surface area contributed by atoms with E-state index in [4.69, 9.17) is 0 Å². The molecule has 0 amide bonds. The molecular formula is C8H17BrZn. The van der Waals surface area contributed by atoms with Crippen LogP contribution in [0.2, 0.25) is 5.02 Å². The maximum atomic E-state index is 2.32. The second-order valence-corrected chi connectivity index (χ2v) is 3.92. The van der Waals surface area contributed by atoms with Crippen molar-refractivity contribution in [3.05, 3.63) is 0 Å². The average Bonchev–Trinajstić information content (AvgIpc) is 1.91. The summed E-state index contributed by atoms with van der Waals surface area (Å²) in [6, 6.07) is 0. The minimum absolute atomic E-state index is 0. The molecule has 0 aliphatic rings. The molecule has 0 nitrogen and oxygen atoms in total.